The van der Waals surface area contributed by atoms with Crippen LogP contribution in [0.3, 0.4) is 0 Å². The summed E-state index contributed by atoms with van der Waals surface area (Å²) < 4.78 is 0. The smallest absolute Gasteiger partial charge is 0.227 e. The van der Waals surface area contributed by atoms with E-state index in [1.807, 2.05) is 6.07 Å². The van der Waals surface area contributed by atoms with Gasteiger partial charge in [0.05, 0.1) is 5.92 Å². The number of carbonyl (C=O) groups is 1. The van der Waals surface area contributed by atoms with Crippen molar-refractivity contribution in [1.29, 1.82) is 0 Å². The Morgan fingerprint density at radius 3 is 2.75 bits per heavy atom. The lowest BCUT2D eigenvalue weighted by Gasteiger charge is -2.32. The summed E-state index contributed by atoms with van der Waals surface area (Å²) in [6.45, 7) is 0. The van der Waals surface area contributed by atoms with Gasteiger partial charge in [0, 0.05) is 12.1 Å². The van der Waals surface area contributed by atoms with Gasteiger partial charge in [-0.1, -0.05) is 37.1 Å². The van der Waals surface area contributed by atoms with Gasteiger partial charge in [-0.15, -0.1) is 0 Å². The van der Waals surface area contributed by atoms with E-state index in [0.717, 1.165) is 32.1 Å². The van der Waals surface area contributed by atoms with E-state index in [1.165, 1.54) is 24.0 Å². The largest absolute Gasteiger partial charge is 0.351 e. The highest BCUT2D eigenvalue weighted by Gasteiger charge is 2.30. The zero-order valence-corrected chi connectivity index (χ0v) is 12.0. The van der Waals surface area contributed by atoms with E-state index in [0.29, 0.717) is 0 Å². The number of amides is 1. The first-order valence-electron chi connectivity index (χ1n) is 7.89. The summed E-state index contributed by atoms with van der Waals surface area (Å²) in [5, 5.41) is 3.22. The molecule has 1 amide bonds. The Morgan fingerprint density at radius 1 is 1.10 bits per heavy atom. The molecule has 0 aromatic heterocycles. The second-order valence-electron chi connectivity index (χ2n) is 6.21. The van der Waals surface area contributed by atoms with Crippen molar-refractivity contribution < 1.29 is 4.79 Å². The Labute approximate surface area is 120 Å². The molecule has 0 aliphatic heterocycles. The van der Waals surface area contributed by atoms with Crippen LogP contribution in [0.1, 0.15) is 55.6 Å². The maximum Gasteiger partial charge on any atom is 0.227 e. The van der Waals surface area contributed by atoms with E-state index >= 15 is 0 Å². The van der Waals surface area contributed by atoms with Crippen LogP contribution in [0.15, 0.2) is 24.3 Å². The maximum absolute atomic E-state index is 12.6. The highest BCUT2D eigenvalue weighted by molar-refractivity contribution is 5.84. The van der Waals surface area contributed by atoms with E-state index in [-0.39, 0.29) is 23.9 Å². The molecule has 1 aromatic carbocycles. The summed E-state index contributed by atoms with van der Waals surface area (Å²) in [6, 6.07) is 8.67. The predicted molar refractivity (Wildman–Crippen MR) is 80.5 cm³/mol. The summed E-state index contributed by atoms with van der Waals surface area (Å²) >= 11 is 0. The molecule has 2 aliphatic rings. The molecule has 0 heterocycles. The first-order chi connectivity index (χ1) is 9.75. The predicted octanol–water partition coefficient (Wildman–Crippen LogP) is 2.49. The zero-order valence-electron chi connectivity index (χ0n) is 12.0. The molecule has 2 aliphatic carbocycles. The van der Waals surface area contributed by atoms with Gasteiger partial charge in [0.25, 0.3) is 0 Å². The third-order valence-electron chi connectivity index (χ3n) is 4.83. The standard InChI is InChI=1S/C17H24N2O/c18-15-10-3-4-11-16(15)19-17(20)14-9-5-7-12-6-1-2-8-13(12)14/h1-2,6,8,14-16H,3-5,7,9-11,18H2,(H,19,20)/t14?,15-,16-/m1/s1. The van der Waals surface area contributed by atoms with Gasteiger partial charge in [-0.25, -0.2) is 0 Å². The fourth-order valence-corrected chi connectivity index (χ4v) is 3.65. The topological polar surface area (TPSA) is 55.1 Å². The van der Waals surface area contributed by atoms with Crippen LogP contribution in [0.2, 0.25) is 0 Å². The summed E-state index contributed by atoms with van der Waals surface area (Å²) in [7, 11) is 0. The average molecular weight is 272 g/mol. The molecule has 3 heteroatoms. The maximum atomic E-state index is 12.6. The Bertz CT molecular complexity index is 486. The quantitative estimate of drug-likeness (QED) is 0.869. The third-order valence-corrected chi connectivity index (χ3v) is 4.83. The Morgan fingerprint density at radius 2 is 1.90 bits per heavy atom. The molecule has 3 nitrogen and oxygen atoms in total. The lowest BCUT2D eigenvalue weighted by atomic mass is 9.81. The Kier molecular flexibility index (Phi) is 4.06. The molecule has 3 atom stereocenters. The van der Waals surface area contributed by atoms with E-state index in [1.54, 1.807) is 0 Å². The van der Waals surface area contributed by atoms with Gasteiger partial charge in [0.2, 0.25) is 5.91 Å². The van der Waals surface area contributed by atoms with Crippen LogP contribution in [0, 0.1) is 0 Å². The highest BCUT2D eigenvalue weighted by atomic mass is 16.1. The molecule has 1 fully saturated rings. The summed E-state index contributed by atoms with van der Waals surface area (Å²) in [5.41, 5.74) is 8.70. The molecule has 108 valence electrons. The molecular weight excluding hydrogens is 248 g/mol. The molecule has 1 aromatic rings. The SMILES string of the molecule is N[C@@H]1CCCC[C@H]1NC(=O)C1CCCc2ccccc21. The molecule has 1 saturated carbocycles. The van der Waals surface area contributed by atoms with Gasteiger partial charge in [-0.05, 0) is 43.2 Å². The number of hydrogen-bond acceptors (Lipinski definition) is 2. The average Bonchev–Trinajstić information content (AvgIpc) is 2.49. The van der Waals surface area contributed by atoms with Crippen molar-refractivity contribution in [1.82, 2.24) is 5.32 Å². The lowest BCUT2D eigenvalue weighted by Crippen LogP contribution is -2.50. The third kappa shape index (κ3) is 2.73. The molecule has 1 unspecified atom stereocenters. The molecule has 0 bridgehead atoms. The first kappa shape index (κ1) is 13.6. The van der Waals surface area contributed by atoms with Gasteiger partial charge < -0.3 is 11.1 Å². The van der Waals surface area contributed by atoms with Gasteiger partial charge in [-0.3, -0.25) is 4.79 Å². The van der Waals surface area contributed by atoms with Crippen LogP contribution in [-0.4, -0.2) is 18.0 Å². The number of fused-ring (bicyclic) bond motifs is 1. The van der Waals surface area contributed by atoms with Crippen molar-refractivity contribution in [3.05, 3.63) is 35.4 Å². The number of benzene rings is 1. The fourth-order valence-electron chi connectivity index (χ4n) is 3.65. The van der Waals surface area contributed by atoms with Crippen molar-refractivity contribution in [2.45, 2.75) is 62.9 Å². The molecule has 0 spiro atoms. The molecule has 3 N–H and O–H groups in total. The second kappa shape index (κ2) is 5.96. The Balaban J connectivity index is 1.72. The number of hydrogen-bond donors (Lipinski definition) is 2. The minimum absolute atomic E-state index is 0.0223. The van der Waals surface area contributed by atoms with Gasteiger partial charge in [-0.2, -0.15) is 0 Å². The Hall–Kier alpha value is -1.35. The number of nitrogens with two attached hydrogens (primary N) is 1. The lowest BCUT2D eigenvalue weighted by molar-refractivity contribution is -0.123. The zero-order chi connectivity index (χ0) is 13.9. The van der Waals surface area contributed by atoms with E-state index in [4.69, 9.17) is 5.73 Å². The first-order valence-corrected chi connectivity index (χ1v) is 7.89. The number of nitrogens with one attached hydrogen (secondary N) is 1. The second-order valence-corrected chi connectivity index (χ2v) is 6.21. The van der Waals surface area contributed by atoms with Gasteiger partial charge in [0.1, 0.15) is 0 Å². The fraction of sp³-hybridized carbons (Fsp3) is 0.588. The number of carbonyl (C=O) groups excluding carboxylic acids is 1. The summed E-state index contributed by atoms with van der Waals surface area (Å²) in [6.07, 6.45) is 7.60. The van der Waals surface area contributed by atoms with Crippen LogP contribution in [-0.2, 0) is 11.2 Å². The van der Waals surface area contributed by atoms with E-state index in [9.17, 15) is 4.79 Å². The van der Waals surface area contributed by atoms with Gasteiger partial charge in [0.15, 0.2) is 0 Å². The molecule has 3 rings (SSSR count). The van der Waals surface area contributed by atoms with Crippen LogP contribution >= 0.6 is 0 Å². The van der Waals surface area contributed by atoms with Crippen molar-refractivity contribution in [2.24, 2.45) is 5.73 Å². The van der Waals surface area contributed by atoms with E-state index in [2.05, 4.69) is 23.5 Å². The minimum atomic E-state index is 0.0223. The molecule has 0 radical (unpaired) electrons. The van der Waals surface area contributed by atoms with Crippen LogP contribution in [0.5, 0.6) is 0 Å². The highest BCUT2D eigenvalue weighted by Crippen LogP contribution is 2.32. The summed E-state index contributed by atoms with van der Waals surface area (Å²) in [4.78, 5) is 12.6. The van der Waals surface area contributed by atoms with Crippen molar-refractivity contribution in [3.63, 3.8) is 0 Å². The van der Waals surface area contributed by atoms with Crippen molar-refractivity contribution >= 4 is 5.91 Å². The van der Waals surface area contributed by atoms with Crippen LogP contribution < -0.4 is 11.1 Å². The van der Waals surface area contributed by atoms with Crippen molar-refractivity contribution in [2.75, 3.05) is 0 Å². The minimum Gasteiger partial charge on any atom is -0.351 e. The van der Waals surface area contributed by atoms with Crippen LogP contribution in [0.25, 0.3) is 0 Å². The summed E-state index contributed by atoms with van der Waals surface area (Å²) in [5.74, 6) is 0.202. The molecular formula is C17H24N2O. The molecule has 20 heavy (non-hydrogen) atoms. The van der Waals surface area contributed by atoms with Gasteiger partial charge >= 0.3 is 0 Å². The number of aryl methyl sites for hydroxylation is 1. The number of rotatable bonds is 2. The van der Waals surface area contributed by atoms with E-state index < -0.39 is 0 Å². The normalized spacial score (nSPS) is 29.6. The van der Waals surface area contributed by atoms with Crippen molar-refractivity contribution in [3.8, 4) is 0 Å². The monoisotopic (exact) mass is 272 g/mol. The van der Waals surface area contributed by atoms with Crippen LogP contribution in [0.4, 0.5) is 0 Å². The molecule has 0 saturated heterocycles.